The molecule has 5 nitrogen and oxygen atoms in total. The Morgan fingerprint density at radius 3 is 2.78 bits per heavy atom. The Kier molecular flexibility index (Phi) is 5.34. The third-order valence-corrected chi connectivity index (χ3v) is 2.26. The first-order valence-electron chi connectivity index (χ1n) is 6.43. The average Bonchev–Trinajstić information content (AvgIpc) is 2.63. The van der Waals surface area contributed by atoms with Crippen molar-refractivity contribution < 1.29 is 4.79 Å². The van der Waals surface area contributed by atoms with Gasteiger partial charge in [-0.3, -0.25) is 4.79 Å². The van der Waals surface area contributed by atoms with Crippen molar-refractivity contribution in [1.29, 1.82) is 0 Å². The van der Waals surface area contributed by atoms with E-state index in [4.69, 9.17) is 0 Å². The van der Waals surface area contributed by atoms with Gasteiger partial charge >= 0.3 is 0 Å². The molecule has 0 atom stereocenters. The molecule has 0 saturated heterocycles. The minimum absolute atomic E-state index is 0.00738. The summed E-state index contributed by atoms with van der Waals surface area (Å²) in [5.41, 5.74) is 0.774. The molecule has 18 heavy (non-hydrogen) atoms. The van der Waals surface area contributed by atoms with Crippen LogP contribution in [0.15, 0.2) is 12.5 Å². The summed E-state index contributed by atoms with van der Waals surface area (Å²) in [6, 6.07) is 0. The average molecular weight is 252 g/mol. The van der Waals surface area contributed by atoms with Crippen LogP contribution < -0.4 is 10.6 Å². The van der Waals surface area contributed by atoms with Gasteiger partial charge in [0, 0.05) is 18.3 Å². The summed E-state index contributed by atoms with van der Waals surface area (Å²) >= 11 is 0. The zero-order valence-electron chi connectivity index (χ0n) is 11.8. The van der Waals surface area contributed by atoms with Gasteiger partial charge in [-0.1, -0.05) is 6.92 Å². The molecular weight excluding hydrogens is 228 g/mol. The summed E-state index contributed by atoms with van der Waals surface area (Å²) in [6.07, 6.45) is 4.71. The van der Waals surface area contributed by atoms with Crippen LogP contribution >= 0.6 is 0 Å². The topological polar surface area (TPSA) is 59.0 Å². The van der Waals surface area contributed by atoms with Crippen LogP contribution in [0, 0.1) is 0 Å². The molecule has 0 aliphatic rings. The fourth-order valence-corrected chi connectivity index (χ4v) is 1.60. The number of aromatic nitrogens is 2. The van der Waals surface area contributed by atoms with Crippen LogP contribution in [0.25, 0.3) is 0 Å². The van der Waals surface area contributed by atoms with Crippen molar-refractivity contribution in [2.45, 2.75) is 52.7 Å². The van der Waals surface area contributed by atoms with Gasteiger partial charge in [-0.25, -0.2) is 4.98 Å². The van der Waals surface area contributed by atoms with Gasteiger partial charge in [0.15, 0.2) is 0 Å². The van der Waals surface area contributed by atoms with Crippen LogP contribution in [0.1, 0.15) is 39.8 Å². The molecule has 0 aliphatic carbocycles. The minimum atomic E-state index is -0.191. The van der Waals surface area contributed by atoms with Crippen LogP contribution in [0.4, 0.5) is 0 Å². The van der Waals surface area contributed by atoms with Crippen molar-refractivity contribution >= 4 is 5.91 Å². The van der Waals surface area contributed by atoms with E-state index in [0.717, 1.165) is 25.2 Å². The Morgan fingerprint density at radius 1 is 1.44 bits per heavy atom. The second-order valence-corrected chi connectivity index (χ2v) is 5.51. The molecule has 1 heterocycles. The Labute approximate surface area is 109 Å². The smallest absolute Gasteiger partial charge is 0.240 e. The zero-order valence-corrected chi connectivity index (χ0v) is 11.8. The third-order valence-electron chi connectivity index (χ3n) is 2.26. The summed E-state index contributed by atoms with van der Waals surface area (Å²) in [7, 11) is 0. The van der Waals surface area contributed by atoms with Gasteiger partial charge in [0.05, 0.1) is 12.0 Å². The van der Waals surface area contributed by atoms with Gasteiger partial charge in [-0.15, -0.1) is 0 Å². The Bertz CT molecular complexity index is 379. The molecule has 0 fully saturated rings. The molecular formula is C13H24N4O. The SMILES string of the molecule is CCCNCc1cn(CC(=O)NC(C)(C)C)cn1. The van der Waals surface area contributed by atoms with Crippen LogP contribution in [-0.2, 0) is 17.9 Å². The Balaban J connectivity index is 2.41. The fourth-order valence-electron chi connectivity index (χ4n) is 1.60. The maximum atomic E-state index is 11.7. The molecule has 0 spiro atoms. The second-order valence-electron chi connectivity index (χ2n) is 5.51. The molecule has 0 bridgehead atoms. The normalized spacial score (nSPS) is 11.6. The number of carbonyl (C=O) groups excluding carboxylic acids is 1. The number of imidazole rings is 1. The quantitative estimate of drug-likeness (QED) is 0.750. The van der Waals surface area contributed by atoms with Crippen molar-refractivity contribution in [3.63, 3.8) is 0 Å². The summed E-state index contributed by atoms with van der Waals surface area (Å²) in [4.78, 5) is 16.0. The number of amides is 1. The zero-order chi connectivity index (χ0) is 13.6. The lowest BCUT2D eigenvalue weighted by Crippen LogP contribution is -2.42. The highest BCUT2D eigenvalue weighted by Crippen LogP contribution is 2.00. The Morgan fingerprint density at radius 2 is 2.17 bits per heavy atom. The summed E-state index contributed by atoms with van der Waals surface area (Å²) in [5, 5.41) is 6.21. The van der Waals surface area contributed by atoms with Crippen LogP contribution in [-0.4, -0.2) is 27.5 Å². The molecule has 1 aromatic rings. The Hall–Kier alpha value is -1.36. The van der Waals surface area contributed by atoms with Gasteiger partial charge in [0.25, 0.3) is 0 Å². The van der Waals surface area contributed by atoms with Crippen molar-refractivity contribution in [2.24, 2.45) is 0 Å². The maximum Gasteiger partial charge on any atom is 0.240 e. The molecule has 1 amide bonds. The highest BCUT2D eigenvalue weighted by atomic mass is 16.2. The second kappa shape index (κ2) is 6.54. The van der Waals surface area contributed by atoms with Gasteiger partial charge in [0.1, 0.15) is 6.54 Å². The van der Waals surface area contributed by atoms with Gasteiger partial charge < -0.3 is 15.2 Å². The van der Waals surface area contributed by atoms with E-state index in [1.807, 2.05) is 31.5 Å². The number of nitrogens with zero attached hydrogens (tertiary/aromatic N) is 2. The standard InChI is InChI=1S/C13H24N4O/c1-5-6-14-7-11-8-17(10-15-11)9-12(18)16-13(2,3)4/h8,10,14H,5-7,9H2,1-4H3,(H,16,18). The minimum Gasteiger partial charge on any atom is -0.350 e. The fraction of sp³-hybridized carbons (Fsp3) is 0.692. The van der Waals surface area contributed by atoms with Crippen molar-refractivity contribution in [1.82, 2.24) is 20.2 Å². The monoisotopic (exact) mass is 252 g/mol. The van der Waals surface area contributed by atoms with E-state index in [-0.39, 0.29) is 11.4 Å². The van der Waals surface area contributed by atoms with Gasteiger partial charge in [-0.05, 0) is 33.7 Å². The van der Waals surface area contributed by atoms with Crippen molar-refractivity contribution in [3.05, 3.63) is 18.2 Å². The van der Waals surface area contributed by atoms with E-state index in [9.17, 15) is 4.79 Å². The van der Waals surface area contributed by atoms with E-state index in [2.05, 4.69) is 22.5 Å². The van der Waals surface area contributed by atoms with Crippen LogP contribution in [0.3, 0.4) is 0 Å². The predicted octanol–water partition coefficient (Wildman–Crippen LogP) is 1.30. The molecule has 0 radical (unpaired) electrons. The first kappa shape index (κ1) is 14.7. The first-order valence-corrected chi connectivity index (χ1v) is 6.43. The van der Waals surface area contributed by atoms with E-state index >= 15 is 0 Å². The lowest BCUT2D eigenvalue weighted by molar-refractivity contribution is -0.123. The van der Waals surface area contributed by atoms with Gasteiger partial charge in [-0.2, -0.15) is 0 Å². The lowest BCUT2D eigenvalue weighted by atomic mass is 10.1. The van der Waals surface area contributed by atoms with Gasteiger partial charge in [0.2, 0.25) is 5.91 Å². The van der Waals surface area contributed by atoms with E-state index in [0.29, 0.717) is 6.54 Å². The summed E-state index contributed by atoms with van der Waals surface area (Å²) in [6.45, 7) is 10.1. The van der Waals surface area contributed by atoms with E-state index < -0.39 is 0 Å². The highest BCUT2D eigenvalue weighted by Gasteiger charge is 2.13. The van der Waals surface area contributed by atoms with E-state index in [1.165, 1.54) is 0 Å². The molecule has 0 aliphatic heterocycles. The van der Waals surface area contributed by atoms with Crippen LogP contribution in [0.2, 0.25) is 0 Å². The molecule has 0 saturated carbocycles. The summed E-state index contributed by atoms with van der Waals surface area (Å²) < 4.78 is 1.81. The lowest BCUT2D eigenvalue weighted by Gasteiger charge is -2.20. The molecule has 1 rings (SSSR count). The van der Waals surface area contributed by atoms with Crippen molar-refractivity contribution in [2.75, 3.05) is 6.54 Å². The molecule has 5 heteroatoms. The molecule has 0 unspecified atom stereocenters. The summed E-state index contributed by atoms with van der Waals surface area (Å²) in [5.74, 6) is 0.00738. The number of nitrogens with one attached hydrogen (secondary N) is 2. The van der Waals surface area contributed by atoms with Crippen LogP contribution in [0.5, 0.6) is 0 Å². The first-order chi connectivity index (χ1) is 8.40. The third kappa shape index (κ3) is 5.82. The largest absolute Gasteiger partial charge is 0.350 e. The number of rotatable bonds is 6. The number of carbonyl (C=O) groups is 1. The molecule has 2 N–H and O–H groups in total. The predicted molar refractivity (Wildman–Crippen MR) is 72.1 cm³/mol. The van der Waals surface area contributed by atoms with Crippen molar-refractivity contribution in [3.8, 4) is 0 Å². The highest BCUT2D eigenvalue weighted by molar-refractivity contribution is 5.76. The van der Waals surface area contributed by atoms with E-state index in [1.54, 1.807) is 6.33 Å². The number of hydrogen-bond donors (Lipinski definition) is 2. The maximum absolute atomic E-state index is 11.7. The number of hydrogen-bond acceptors (Lipinski definition) is 3. The molecule has 0 aromatic carbocycles. The molecule has 1 aromatic heterocycles. The molecule has 102 valence electrons.